The van der Waals surface area contributed by atoms with Crippen LogP contribution in [0, 0.1) is 0 Å². The van der Waals surface area contributed by atoms with Gasteiger partial charge in [0, 0.05) is 25.7 Å². The predicted octanol–water partition coefficient (Wildman–Crippen LogP) is -1.47. The minimum absolute atomic E-state index is 0.0337. The molecule has 1 unspecified atom stereocenters. The molecule has 1 atom stereocenters. The highest BCUT2D eigenvalue weighted by Gasteiger charge is 2.45. The fourth-order valence-corrected chi connectivity index (χ4v) is 2.58. The minimum Gasteiger partial charge on any atom is -0.747 e. The highest BCUT2D eigenvalue weighted by molar-refractivity contribution is 7.87. The van der Waals surface area contributed by atoms with Crippen LogP contribution in [0.1, 0.15) is 46.0 Å². The quantitative estimate of drug-likeness (QED) is 0.373. The zero-order valence-electron chi connectivity index (χ0n) is 14.9. The fourth-order valence-electron chi connectivity index (χ4n) is 1.89. The van der Waals surface area contributed by atoms with Crippen LogP contribution in [0.15, 0.2) is 0 Å². The summed E-state index contributed by atoms with van der Waals surface area (Å²) in [6, 6.07) is 0. The molecule has 0 aromatic carbocycles. The van der Waals surface area contributed by atoms with Crippen LogP contribution in [0.2, 0.25) is 0 Å². The lowest BCUT2D eigenvalue weighted by atomic mass is 10.4. The van der Waals surface area contributed by atoms with Crippen LogP contribution in [-0.2, 0) is 48.6 Å². The molecule has 0 aromatic heterocycles. The van der Waals surface area contributed by atoms with Gasteiger partial charge in [0.05, 0.1) is 6.42 Å². The maximum absolute atomic E-state index is 11.3. The van der Waals surface area contributed by atoms with Crippen molar-refractivity contribution in [2.75, 3.05) is 0 Å². The average molecular weight is 421 g/mol. The van der Waals surface area contributed by atoms with Gasteiger partial charge in [-0.2, -0.15) is 0 Å². The number of hydrogen-bond acceptors (Lipinski definition) is 11. The van der Waals surface area contributed by atoms with Crippen LogP contribution in [-0.4, -0.2) is 63.9 Å². The Bertz CT molecular complexity index is 788. The summed E-state index contributed by atoms with van der Waals surface area (Å²) in [6.45, 7) is 3.02. The third-order valence-electron chi connectivity index (χ3n) is 3.38. The van der Waals surface area contributed by atoms with E-state index in [-0.39, 0.29) is 30.7 Å². The summed E-state index contributed by atoms with van der Waals surface area (Å²) in [7, 11) is -4.91. The molecule has 0 aromatic rings. The molecule has 0 bridgehead atoms. The number of rotatable bonds is 5. The second-order valence-electron chi connectivity index (χ2n) is 5.43. The molecular formula is C14H17N2O11S-. The van der Waals surface area contributed by atoms with Gasteiger partial charge in [0.15, 0.2) is 0 Å². The molecule has 156 valence electrons. The topological polar surface area (TPSA) is 185 Å². The van der Waals surface area contributed by atoms with Crippen LogP contribution in [0.5, 0.6) is 0 Å². The smallest absolute Gasteiger partial charge is 0.332 e. The predicted molar refractivity (Wildman–Crippen MR) is 83.8 cm³/mol. The second kappa shape index (κ2) is 9.36. The molecule has 13 nitrogen and oxygen atoms in total. The molecule has 28 heavy (non-hydrogen) atoms. The van der Waals surface area contributed by atoms with Crippen molar-refractivity contribution in [2.24, 2.45) is 0 Å². The molecular weight excluding hydrogens is 404 g/mol. The fraction of sp³-hybridized carbons (Fsp3) is 0.571. The Labute approximate surface area is 159 Å². The van der Waals surface area contributed by atoms with E-state index in [0.29, 0.717) is 5.06 Å². The first-order chi connectivity index (χ1) is 12.9. The lowest BCUT2D eigenvalue weighted by Crippen LogP contribution is -2.36. The Kier molecular flexibility index (Phi) is 7.75. The van der Waals surface area contributed by atoms with Crippen LogP contribution in [0.3, 0.4) is 0 Å². The molecule has 0 saturated carbocycles. The van der Waals surface area contributed by atoms with E-state index in [0.717, 1.165) is 0 Å². The van der Waals surface area contributed by atoms with E-state index < -0.39 is 57.4 Å². The molecule has 2 saturated heterocycles. The van der Waals surface area contributed by atoms with Crippen molar-refractivity contribution >= 4 is 45.7 Å². The van der Waals surface area contributed by atoms with Crippen molar-refractivity contribution < 1.29 is 51.4 Å². The van der Waals surface area contributed by atoms with Crippen LogP contribution >= 0.6 is 0 Å². The van der Waals surface area contributed by atoms with Gasteiger partial charge in [0.25, 0.3) is 23.6 Å². The van der Waals surface area contributed by atoms with Gasteiger partial charge >= 0.3 is 11.9 Å². The highest BCUT2D eigenvalue weighted by Crippen LogP contribution is 2.19. The second-order valence-corrected chi connectivity index (χ2v) is 6.98. The maximum atomic E-state index is 11.3. The summed E-state index contributed by atoms with van der Waals surface area (Å²) >= 11 is 0. The zero-order valence-corrected chi connectivity index (χ0v) is 15.7. The largest absolute Gasteiger partial charge is 0.747 e. The van der Waals surface area contributed by atoms with Gasteiger partial charge in [-0.25, -0.2) is 18.0 Å². The average Bonchev–Trinajstić information content (AvgIpc) is 3.09. The van der Waals surface area contributed by atoms with Crippen LogP contribution < -0.4 is 0 Å². The maximum Gasteiger partial charge on any atom is 0.332 e. The first kappa shape index (κ1) is 23.2. The molecule has 0 aliphatic carbocycles. The van der Waals surface area contributed by atoms with Gasteiger partial charge < -0.3 is 14.2 Å². The summed E-state index contributed by atoms with van der Waals surface area (Å²) in [5, 5.41) is -1.41. The summed E-state index contributed by atoms with van der Waals surface area (Å²) in [5.74, 6) is -4.66. The molecule has 0 spiro atoms. The Morgan fingerprint density at radius 2 is 1.36 bits per heavy atom. The third-order valence-corrected chi connectivity index (χ3v) is 4.45. The zero-order chi connectivity index (χ0) is 21.6. The number of hydroxylamine groups is 4. The Morgan fingerprint density at radius 3 is 1.71 bits per heavy atom. The van der Waals surface area contributed by atoms with E-state index in [2.05, 4.69) is 9.68 Å². The standard InChI is InChI=1S/C7H9NO7S.C7H9NO4/c1-2-6(10)15-8-5(9)3-4(7(8)11)16(12,13)14;1-2-7(11)12-8-5(9)3-4-6(8)10/h4H,2-3H2,1H3,(H,12,13,14);2-4H2,1H3/p-1. The van der Waals surface area contributed by atoms with Gasteiger partial charge in [-0.1, -0.05) is 13.8 Å². The van der Waals surface area contributed by atoms with E-state index in [1.165, 1.54) is 6.92 Å². The summed E-state index contributed by atoms with van der Waals surface area (Å²) < 4.78 is 31.8. The van der Waals surface area contributed by atoms with E-state index in [9.17, 15) is 41.7 Å². The number of nitrogens with zero attached hydrogens (tertiary/aromatic N) is 2. The molecule has 4 amide bonds. The Hall–Kier alpha value is -2.87. The van der Waals surface area contributed by atoms with E-state index in [1.807, 2.05) is 0 Å². The molecule has 2 aliphatic heterocycles. The molecule has 2 fully saturated rings. The van der Waals surface area contributed by atoms with Crippen molar-refractivity contribution in [3.63, 3.8) is 0 Å². The molecule has 2 aliphatic rings. The van der Waals surface area contributed by atoms with Crippen LogP contribution in [0.25, 0.3) is 0 Å². The monoisotopic (exact) mass is 421 g/mol. The lowest BCUT2D eigenvalue weighted by Gasteiger charge is -2.14. The first-order valence-corrected chi connectivity index (χ1v) is 9.48. The molecule has 0 radical (unpaired) electrons. The number of carbonyl (C=O) groups excluding carboxylic acids is 6. The van der Waals surface area contributed by atoms with Gasteiger partial charge in [-0.05, 0) is 0 Å². The van der Waals surface area contributed by atoms with Crippen molar-refractivity contribution in [2.45, 2.75) is 51.2 Å². The van der Waals surface area contributed by atoms with E-state index in [1.54, 1.807) is 6.92 Å². The van der Waals surface area contributed by atoms with Crippen molar-refractivity contribution in [1.29, 1.82) is 0 Å². The van der Waals surface area contributed by atoms with E-state index in [4.69, 9.17) is 0 Å². The van der Waals surface area contributed by atoms with Gasteiger partial charge in [-0.3, -0.25) is 19.2 Å². The van der Waals surface area contributed by atoms with Crippen molar-refractivity contribution in [1.82, 2.24) is 10.1 Å². The Morgan fingerprint density at radius 1 is 0.929 bits per heavy atom. The van der Waals surface area contributed by atoms with Crippen molar-refractivity contribution in [3.8, 4) is 0 Å². The summed E-state index contributed by atoms with van der Waals surface area (Å²) in [6.07, 6.45) is -0.462. The number of imide groups is 2. The molecule has 2 heterocycles. The van der Waals surface area contributed by atoms with Gasteiger partial charge in [0.2, 0.25) is 0 Å². The normalized spacial score (nSPS) is 19.5. The van der Waals surface area contributed by atoms with Gasteiger partial charge in [0.1, 0.15) is 15.4 Å². The SMILES string of the molecule is CCC(=O)ON1C(=O)CC(S(=O)(=O)[O-])C1=O.CCC(=O)ON1C(=O)CCC1=O. The third kappa shape index (κ3) is 5.82. The lowest BCUT2D eigenvalue weighted by molar-refractivity contribution is -0.197. The first-order valence-electron chi connectivity index (χ1n) is 8.01. The summed E-state index contributed by atoms with van der Waals surface area (Å²) in [5.41, 5.74) is 0. The summed E-state index contributed by atoms with van der Waals surface area (Å²) in [4.78, 5) is 74.4. The number of carbonyl (C=O) groups is 6. The Balaban J connectivity index is 0.000000292. The van der Waals surface area contributed by atoms with Crippen LogP contribution in [0.4, 0.5) is 0 Å². The van der Waals surface area contributed by atoms with Gasteiger partial charge in [-0.15, -0.1) is 10.1 Å². The molecule has 14 heteroatoms. The number of hydrogen-bond donors (Lipinski definition) is 0. The van der Waals surface area contributed by atoms with E-state index >= 15 is 0 Å². The minimum atomic E-state index is -4.91. The number of amides is 4. The molecule has 2 rings (SSSR count). The highest BCUT2D eigenvalue weighted by atomic mass is 32.2. The van der Waals surface area contributed by atoms with Crippen molar-refractivity contribution in [3.05, 3.63) is 0 Å². The molecule has 0 N–H and O–H groups in total.